The molecule has 1 amide bonds. The van der Waals surface area contributed by atoms with Crippen molar-refractivity contribution in [2.24, 2.45) is 0 Å². The number of hydrogen-bond donors (Lipinski definition) is 1. The molecule has 0 bridgehead atoms. The van der Waals surface area contributed by atoms with Gasteiger partial charge < -0.3 is 5.32 Å². The summed E-state index contributed by atoms with van der Waals surface area (Å²) in [7, 11) is 0. The molecule has 1 aromatic carbocycles. The molecule has 2 rings (SSSR count). The molecule has 0 unspecified atom stereocenters. The highest BCUT2D eigenvalue weighted by Gasteiger charge is 2.19. The fourth-order valence-corrected chi connectivity index (χ4v) is 2.98. The van der Waals surface area contributed by atoms with Crippen molar-refractivity contribution in [1.82, 2.24) is 5.32 Å². The third-order valence-corrected chi connectivity index (χ3v) is 4.54. The number of carbonyl (C=O) groups is 1. The minimum atomic E-state index is -0.605. The Hall–Kier alpha value is -1.92. The number of nitrogens with one attached hydrogen (secondary N) is 1. The summed E-state index contributed by atoms with van der Waals surface area (Å²) in [6.45, 7) is 2.44. The number of carbonyl (C=O) groups excluding carboxylic acids is 1. The zero-order valence-corrected chi connectivity index (χ0v) is 12.8. The van der Waals surface area contributed by atoms with Crippen molar-refractivity contribution in [3.05, 3.63) is 60.8 Å². The Labute approximate surface area is 130 Å². The van der Waals surface area contributed by atoms with Crippen LogP contribution in [0.1, 0.15) is 27.0 Å². The van der Waals surface area contributed by atoms with E-state index in [4.69, 9.17) is 11.6 Å². The van der Waals surface area contributed by atoms with Crippen molar-refractivity contribution in [3.8, 4) is 0 Å². The first-order valence-electron chi connectivity index (χ1n) is 6.31. The second-order valence-electron chi connectivity index (χ2n) is 4.30. The maximum atomic E-state index is 12.1. The summed E-state index contributed by atoms with van der Waals surface area (Å²) in [5.41, 5.74) is -0.160. The molecule has 1 aromatic heterocycles. The maximum Gasteiger partial charge on any atom is 0.288 e. The van der Waals surface area contributed by atoms with Crippen LogP contribution in [0.15, 0.2) is 30.3 Å². The third kappa shape index (κ3) is 3.59. The molecule has 7 heteroatoms. The van der Waals surface area contributed by atoms with Gasteiger partial charge in [-0.2, -0.15) is 0 Å². The van der Waals surface area contributed by atoms with Gasteiger partial charge in [-0.05, 0) is 24.6 Å². The highest BCUT2D eigenvalue weighted by atomic mass is 35.5. The van der Waals surface area contributed by atoms with Crippen LogP contribution in [0.25, 0.3) is 0 Å². The second kappa shape index (κ2) is 6.69. The van der Waals surface area contributed by atoms with E-state index in [1.807, 2.05) is 12.1 Å². The van der Waals surface area contributed by atoms with Crippen LogP contribution in [0.5, 0.6) is 0 Å². The highest BCUT2D eigenvalue weighted by molar-refractivity contribution is 7.11. The van der Waals surface area contributed by atoms with Gasteiger partial charge in [0.2, 0.25) is 0 Å². The van der Waals surface area contributed by atoms with E-state index < -0.39 is 10.8 Å². The fraction of sp³-hybridized carbons (Fsp3) is 0.214. The van der Waals surface area contributed by atoms with E-state index in [9.17, 15) is 14.9 Å². The van der Waals surface area contributed by atoms with Crippen LogP contribution in [-0.4, -0.2) is 10.8 Å². The summed E-state index contributed by atoms with van der Waals surface area (Å²) >= 11 is 7.53. The third-order valence-electron chi connectivity index (χ3n) is 2.91. The van der Waals surface area contributed by atoms with Gasteiger partial charge in [-0.1, -0.05) is 24.6 Å². The summed E-state index contributed by atoms with van der Waals surface area (Å²) in [6, 6.07) is 8.16. The van der Waals surface area contributed by atoms with E-state index in [-0.39, 0.29) is 16.3 Å². The number of hydrogen-bond acceptors (Lipinski definition) is 4. The maximum absolute atomic E-state index is 12.1. The van der Waals surface area contributed by atoms with Gasteiger partial charge in [0.1, 0.15) is 5.02 Å². The summed E-state index contributed by atoms with van der Waals surface area (Å²) < 4.78 is 0. The SMILES string of the molecule is CCc1ccc(CNC(=O)c2cccc([N+](=O)[O-])c2Cl)s1. The number of halogens is 1. The average molecular weight is 325 g/mol. The zero-order chi connectivity index (χ0) is 15.4. The first kappa shape index (κ1) is 15.5. The molecular formula is C14H13ClN2O3S. The number of rotatable bonds is 5. The van der Waals surface area contributed by atoms with E-state index in [0.29, 0.717) is 6.54 Å². The Morgan fingerprint density at radius 2 is 2.05 bits per heavy atom. The molecular weight excluding hydrogens is 312 g/mol. The highest BCUT2D eigenvalue weighted by Crippen LogP contribution is 2.27. The van der Waals surface area contributed by atoms with E-state index in [1.165, 1.54) is 23.1 Å². The van der Waals surface area contributed by atoms with E-state index >= 15 is 0 Å². The Bertz CT molecular complexity index is 685. The molecule has 0 aliphatic rings. The molecule has 0 fully saturated rings. The van der Waals surface area contributed by atoms with Gasteiger partial charge in [-0.25, -0.2) is 0 Å². The molecule has 0 radical (unpaired) electrons. The zero-order valence-electron chi connectivity index (χ0n) is 11.3. The van der Waals surface area contributed by atoms with Crippen molar-refractivity contribution in [2.75, 3.05) is 0 Å². The minimum absolute atomic E-state index is 0.109. The lowest BCUT2D eigenvalue weighted by atomic mass is 10.2. The molecule has 5 nitrogen and oxygen atoms in total. The molecule has 0 atom stereocenters. The lowest BCUT2D eigenvalue weighted by molar-refractivity contribution is -0.384. The van der Waals surface area contributed by atoms with Crippen LogP contribution in [0, 0.1) is 10.1 Å². The lowest BCUT2D eigenvalue weighted by Crippen LogP contribution is -2.22. The topological polar surface area (TPSA) is 72.2 Å². The monoisotopic (exact) mass is 324 g/mol. The van der Waals surface area contributed by atoms with E-state index in [0.717, 1.165) is 11.3 Å². The van der Waals surface area contributed by atoms with Crippen LogP contribution < -0.4 is 5.32 Å². The lowest BCUT2D eigenvalue weighted by Gasteiger charge is -2.05. The van der Waals surface area contributed by atoms with Gasteiger partial charge in [0.05, 0.1) is 17.0 Å². The number of thiophene rings is 1. The molecule has 1 N–H and O–H groups in total. The van der Waals surface area contributed by atoms with Crippen LogP contribution in [0.2, 0.25) is 5.02 Å². The first-order valence-corrected chi connectivity index (χ1v) is 7.51. The Morgan fingerprint density at radius 1 is 1.33 bits per heavy atom. The first-order chi connectivity index (χ1) is 10.0. The predicted octanol–water partition coefficient (Wildman–Crippen LogP) is 3.80. The minimum Gasteiger partial charge on any atom is -0.347 e. The van der Waals surface area contributed by atoms with Crippen LogP contribution in [-0.2, 0) is 13.0 Å². The van der Waals surface area contributed by atoms with Gasteiger partial charge in [0.25, 0.3) is 11.6 Å². The van der Waals surface area contributed by atoms with Crippen molar-refractivity contribution in [2.45, 2.75) is 19.9 Å². The van der Waals surface area contributed by atoms with E-state index in [1.54, 1.807) is 11.3 Å². The average Bonchev–Trinajstić information content (AvgIpc) is 2.92. The Balaban J connectivity index is 2.10. The van der Waals surface area contributed by atoms with Gasteiger partial charge >= 0.3 is 0 Å². The predicted molar refractivity (Wildman–Crippen MR) is 83.0 cm³/mol. The summed E-state index contributed by atoms with van der Waals surface area (Å²) in [5, 5.41) is 13.4. The summed E-state index contributed by atoms with van der Waals surface area (Å²) in [5.74, 6) is -0.421. The van der Waals surface area contributed by atoms with Crippen LogP contribution >= 0.6 is 22.9 Å². The number of nitrogens with zero attached hydrogens (tertiary/aromatic N) is 1. The Kier molecular flexibility index (Phi) is 4.93. The normalized spacial score (nSPS) is 10.4. The molecule has 1 heterocycles. The molecule has 110 valence electrons. The van der Waals surface area contributed by atoms with Gasteiger partial charge in [0.15, 0.2) is 0 Å². The molecule has 0 saturated carbocycles. The summed E-state index contributed by atoms with van der Waals surface area (Å²) in [6.07, 6.45) is 0.954. The quantitative estimate of drug-likeness (QED) is 0.671. The Morgan fingerprint density at radius 3 is 2.67 bits per heavy atom. The standard InChI is InChI=1S/C14H13ClN2O3S/c1-2-9-6-7-10(21-9)8-16-14(18)11-4-3-5-12(13(11)15)17(19)20/h3-7H,2,8H2,1H3,(H,16,18). The molecule has 0 aliphatic carbocycles. The van der Waals surface area contributed by atoms with Gasteiger partial charge in [-0.15, -0.1) is 11.3 Å². The number of amides is 1. The molecule has 0 saturated heterocycles. The number of aryl methyl sites for hydroxylation is 1. The van der Waals surface area contributed by atoms with Crippen LogP contribution in [0.4, 0.5) is 5.69 Å². The largest absolute Gasteiger partial charge is 0.347 e. The molecule has 2 aromatic rings. The van der Waals surface area contributed by atoms with Crippen molar-refractivity contribution in [3.63, 3.8) is 0 Å². The summed E-state index contributed by atoms with van der Waals surface area (Å²) in [4.78, 5) is 24.5. The molecule has 0 spiro atoms. The number of nitro groups is 1. The van der Waals surface area contributed by atoms with Crippen molar-refractivity contribution in [1.29, 1.82) is 0 Å². The molecule has 0 aliphatic heterocycles. The fourth-order valence-electron chi connectivity index (χ4n) is 1.81. The number of benzene rings is 1. The smallest absolute Gasteiger partial charge is 0.288 e. The van der Waals surface area contributed by atoms with Crippen molar-refractivity contribution < 1.29 is 9.72 Å². The second-order valence-corrected chi connectivity index (χ2v) is 5.93. The van der Waals surface area contributed by atoms with Crippen LogP contribution in [0.3, 0.4) is 0 Å². The number of nitro benzene ring substituents is 1. The van der Waals surface area contributed by atoms with Gasteiger partial charge in [-0.3, -0.25) is 14.9 Å². The molecule has 21 heavy (non-hydrogen) atoms. The van der Waals surface area contributed by atoms with Crippen molar-refractivity contribution >= 4 is 34.5 Å². The van der Waals surface area contributed by atoms with E-state index in [2.05, 4.69) is 12.2 Å². The van der Waals surface area contributed by atoms with Gasteiger partial charge in [0, 0.05) is 15.8 Å².